The van der Waals surface area contributed by atoms with Crippen LogP contribution >= 0.6 is 0 Å². The number of nitrogens with zero attached hydrogens (tertiary/aromatic N) is 3. The quantitative estimate of drug-likeness (QED) is 0.806. The molecule has 0 spiro atoms. The van der Waals surface area contributed by atoms with Crippen LogP contribution in [0.25, 0.3) is 5.69 Å². The maximum atomic E-state index is 12.6. The second-order valence-electron chi connectivity index (χ2n) is 5.25. The summed E-state index contributed by atoms with van der Waals surface area (Å²) in [5, 5.41) is 10.7. The molecular weight excluding hydrogens is 292 g/mol. The Balaban J connectivity index is 1.58. The molecule has 0 saturated heterocycles. The molecular formula is C17H14N4O2. The molecule has 1 aliphatic heterocycles. The molecule has 1 aromatic heterocycles. The first kappa shape index (κ1) is 13.5. The lowest BCUT2D eigenvalue weighted by atomic mass is 10.0. The molecule has 0 saturated carbocycles. The van der Waals surface area contributed by atoms with Crippen LogP contribution in [0, 0.1) is 0 Å². The van der Waals surface area contributed by atoms with Crippen molar-refractivity contribution in [2.75, 3.05) is 11.9 Å². The SMILES string of the molecule is O=C(Nc1nncn1-c1ccccc1)[C@H]1COc2ccccc21. The van der Waals surface area contributed by atoms with E-state index in [9.17, 15) is 4.79 Å². The Kier molecular flexibility index (Phi) is 3.27. The number of ether oxygens (including phenoxy) is 1. The van der Waals surface area contributed by atoms with E-state index in [2.05, 4.69) is 15.5 Å². The minimum Gasteiger partial charge on any atom is -0.492 e. The Bertz CT molecular complexity index is 845. The van der Waals surface area contributed by atoms with Crippen molar-refractivity contribution in [2.45, 2.75) is 5.92 Å². The highest BCUT2D eigenvalue weighted by atomic mass is 16.5. The molecule has 1 atom stereocenters. The fourth-order valence-electron chi connectivity index (χ4n) is 2.67. The smallest absolute Gasteiger partial charge is 0.237 e. The predicted octanol–water partition coefficient (Wildman–Crippen LogP) is 2.38. The van der Waals surface area contributed by atoms with Crippen LogP contribution in [0.15, 0.2) is 60.9 Å². The number of para-hydroxylation sites is 2. The van der Waals surface area contributed by atoms with Gasteiger partial charge in [0.1, 0.15) is 24.6 Å². The average molecular weight is 306 g/mol. The largest absolute Gasteiger partial charge is 0.492 e. The van der Waals surface area contributed by atoms with E-state index in [4.69, 9.17) is 4.74 Å². The van der Waals surface area contributed by atoms with Gasteiger partial charge in [0.05, 0.1) is 5.69 Å². The third-order valence-corrected chi connectivity index (χ3v) is 3.83. The van der Waals surface area contributed by atoms with Gasteiger partial charge in [-0.15, -0.1) is 10.2 Å². The normalized spacial score (nSPS) is 15.7. The highest BCUT2D eigenvalue weighted by Gasteiger charge is 2.30. The van der Waals surface area contributed by atoms with Gasteiger partial charge in [0.2, 0.25) is 11.9 Å². The van der Waals surface area contributed by atoms with Crippen molar-refractivity contribution in [2.24, 2.45) is 0 Å². The summed E-state index contributed by atoms with van der Waals surface area (Å²) in [6.07, 6.45) is 1.57. The van der Waals surface area contributed by atoms with Gasteiger partial charge in [0, 0.05) is 5.56 Å². The van der Waals surface area contributed by atoms with Gasteiger partial charge in [-0.05, 0) is 18.2 Å². The second kappa shape index (κ2) is 5.57. The molecule has 0 unspecified atom stereocenters. The van der Waals surface area contributed by atoms with Gasteiger partial charge >= 0.3 is 0 Å². The number of hydrogen-bond donors (Lipinski definition) is 1. The summed E-state index contributed by atoms with van der Waals surface area (Å²) < 4.78 is 7.30. The lowest BCUT2D eigenvalue weighted by Crippen LogP contribution is -2.24. The Labute approximate surface area is 132 Å². The monoisotopic (exact) mass is 306 g/mol. The highest BCUT2D eigenvalue weighted by molar-refractivity contribution is 5.95. The summed E-state index contributed by atoms with van der Waals surface area (Å²) >= 11 is 0. The topological polar surface area (TPSA) is 69.0 Å². The molecule has 1 aliphatic rings. The van der Waals surface area contributed by atoms with E-state index in [1.165, 1.54) is 0 Å². The molecule has 1 N–H and O–H groups in total. The Morgan fingerprint density at radius 2 is 1.91 bits per heavy atom. The minimum atomic E-state index is -0.341. The molecule has 6 nitrogen and oxygen atoms in total. The molecule has 114 valence electrons. The summed E-state index contributed by atoms with van der Waals surface area (Å²) in [5.74, 6) is 0.662. The summed E-state index contributed by atoms with van der Waals surface area (Å²) in [6, 6.07) is 17.2. The maximum Gasteiger partial charge on any atom is 0.237 e. The van der Waals surface area contributed by atoms with Gasteiger partial charge in [0.25, 0.3) is 0 Å². The second-order valence-corrected chi connectivity index (χ2v) is 5.25. The Morgan fingerprint density at radius 3 is 2.78 bits per heavy atom. The molecule has 3 aromatic rings. The zero-order chi connectivity index (χ0) is 15.6. The first-order valence-corrected chi connectivity index (χ1v) is 7.31. The third-order valence-electron chi connectivity index (χ3n) is 3.83. The molecule has 0 aliphatic carbocycles. The number of amides is 1. The molecule has 2 heterocycles. The molecule has 4 rings (SSSR count). The molecule has 1 amide bonds. The molecule has 2 aromatic carbocycles. The number of anilines is 1. The van der Waals surface area contributed by atoms with Gasteiger partial charge in [0.15, 0.2) is 0 Å². The van der Waals surface area contributed by atoms with E-state index in [-0.39, 0.29) is 11.8 Å². The van der Waals surface area contributed by atoms with Gasteiger partial charge in [-0.2, -0.15) is 0 Å². The zero-order valence-electron chi connectivity index (χ0n) is 12.2. The number of hydrogen-bond acceptors (Lipinski definition) is 4. The summed E-state index contributed by atoms with van der Waals surface area (Å²) in [5.41, 5.74) is 1.78. The number of carbonyl (C=O) groups excluding carboxylic acids is 1. The van der Waals surface area contributed by atoms with Crippen LogP contribution in [0.5, 0.6) is 5.75 Å². The summed E-state index contributed by atoms with van der Waals surface area (Å²) in [6.45, 7) is 0.338. The summed E-state index contributed by atoms with van der Waals surface area (Å²) in [7, 11) is 0. The van der Waals surface area contributed by atoms with Crippen molar-refractivity contribution >= 4 is 11.9 Å². The molecule has 0 radical (unpaired) electrons. The standard InChI is InChI=1S/C17H14N4O2/c22-16(14-10-23-15-9-5-4-8-13(14)15)19-17-20-18-11-21(17)12-6-2-1-3-7-12/h1-9,11,14H,10H2,(H,19,20,22)/t14-/m0/s1. The lowest BCUT2D eigenvalue weighted by molar-refractivity contribution is -0.117. The zero-order valence-corrected chi connectivity index (χ0v) is 12.2. The highest BCUT2D eigenvalue weighted by Crippen LogP contribution is 2.34. The number of aromatic nitrogens is 3. The van der Waals surface area contributed by atoms with Crippen molar-refractivity contribution in [3.8, 4) is 11.4 Å². The minimum absolute atomic E-state index is 0.153. The molecule has 0 fully saturated rings. The van der Waals surface area contributed by atoms with Crippen molar-refractivity contribution in [3.05, 3.63) is 66.5 Å². The van der Waals surface area contributed by atoms with E-state index in [1.54, 1.807) is 10.9 Å². The van der Waals surface area contributed by atoms with E-state index in [0.29, 0.717) is 12.6 Å². The Hall–Kier alpha value is -3.15. The fourth-order valence-corrected chi connectivity index (χ4v) is 2.67. The van der Waals surface area contributed by atoms with Crippen molar-refractivity contribution < 1.29 is 9.53 Å². The number of fused-ring (bicyclic) bond motifs is 1. The van der Waals surface area contributed by atoms with Crippen LogP contribution in [0.4, 0.5) is 5.95 Å². The first-order chi connectivity index (χ1) is 11.3. The van der Waals surface area contributed by atoms with Gasteiger partial charge in [-0.1, -0.05) is 36.4 Å². The van der Waals surface area contributed by atoms with Crippen LogP contribution in [0.2, 0.25) is 0 Å². The van der Waals surface area contributed by atoms with Crippen molar-refractivity contribution in [3.63, 3.8) is 0 Å². The van der Waals surface area contributed by atoms with Crippen molar-refractivity contribution in [1.82, 2.24) is 14.8 Å². The van der Waals surface area contributed by atoms with E-state index >= 15 is 0 Å². The van der Waals surface area contributed by atoms with E-state index in [1.807, 2.05) is 54.6 Å². The first-order valence-electron chi connectivity index (χ1n) is 7.31. The summed E-state index contributed by atoms with van der Waals surface area (Å²) in [4.78, 5) is 12.6. The number of rotatable bonds is 3. The predicted molar refractivity (Wildman–Crippen MR) is 84.7 cm³/mol. The van der Waals surface area contributed by atoms with Gasteiger partial charge in [-0.3, -0.25) is 14.7 Å². The van der Waals surface area contributed by atoms with E-state index in [0.717, 1.165) is 17.0 Å². The van der Waals surface area contributed by atoms with Crippen molar-refractivity contribution in [1.29, 1.82) is 0 Å². The average Bonchev–Trinajstić information content (AvgIpc) is 3.22. The fraction of sp³-hybridized carbons (Fsp3) is 0.118. The number of benzene rings is 2. The van der Waals surface area contributed by atoms with Crippen LogP contribution in [0.1, 0.15) is 11.5 Å². The Morgan fingerprint density at radius 1 is 1.13 bits per heavy atom. The van der Waals surface area contributed by atoms with Gasteiger partial charge in [-0.25, -0.2) is 0 Å². The molecule has 0 bridgehead atoms. The van der Waals surface area contributed by atoms with E-state index < -0.39 is 0 Å². The van der Waals surface area contributed by atoms with Crippen LogP contribution < -0.4 is 10.1 Å². The molecule has 23 heavy (non-hydrogen) atoms. The molecule has 6 heteroatoms. The maximum absolute atomic E-state index is 12.6. The van der Waals surface area contributed by atoms with Crippen LogP contribution in [-0.2, 0) is 4.79 Å². The van der Waals surface area contributed by atoms with Gasteiger partial charge < -0.3 is 4.74 Å². The lowest BCUT2D eigenvalue weighted by Gasteiger charge is -2.11. The number of nitrogens with one attached hydrogen (secondary N) is 1. The third kappa shape index (κ3) is 2.44. The van der Waals surface area contributed by atoms with Crippen LogP contribution in [0.3, 0.4) is 0 Å². The number of carbonyl (C=O) groups is 1. The van der Waals surface area contributed by atoms with Crippen LogP contribution in [-0.4, -0.2) is 27.3 Å².